The predicted octanol–water partition coefficient (Wildman–Crippen LogP) is 1.68. The molecule has 0 saturated carbocycles. The summed E-state index contributed by atoms with van der Waals surface area (Å²) in [6, 6.07) is 7.45. The van der Waals surface area contributed by atoms with E-state index in [4.69, 9.17) is 0 Å². The standard InChI is InChI=1S/C19H21F2N5O/c20-15-4-3-13(10-16(15)21)19(27)26-8-6-25(7-9-26)18-11-17(23-24-18)14-2-1-5-22-12-14/h1-5,10,12,17-18,23-24H,6-9,11H2. The minimum Gasteiger partial charge on any atom is -0.336 e. The summed E-state index contributed by atoms with van der Waals surface area (Å²) in [6.07, 6.45) is 4.70. The van der Waals surface area contributed by atoms with E-state index in [-0.39, 0.29) is 23.7 Å². The minimum absolute atomic E-state index is 0.177. The van der Waals surface area contributed by atoms with Crippen LogP contribution in [0.2, 0.25) is 0 Å². The molecule has 8 heteroatoms. The average Bonchev–Trinajstić information content (AvgIpc) is 3.21. The lowest BCUT2D eigenvalue weighted by Gasteiger charge is -2.37. The number of benzene rings is 1. The summed E-state index contributed by atoms with van der Waals surface area (Å²) < 4.78 is 26.4. The van der Waals surface area contributed by atoms with Gasteiger partial charge in [-0.3, -0.25) is 14.7 Å². The van der Waals surface area contributed by atoms with Crippen molar-refractivity contribution in [1.82, 2.24) is 25.6 Å². The van der Waals surface area contributed by atoms with Gasteiger partial charge in [0.05, 0.1) is 12.2 Å². The molecule has 0 spiro atoms. The number of nitrogens with zero attached hydrogens (tertiary/aromatic N) is 3. The third-order valence-corrected chi connectivity index (χ3v) is 5.18. The highest BCUT2D eigenvalue weighted by Crippen LogP contribution is 2.24. The van der Waals surface area contributed by atoms with E-state index in [1.807, 2.05) is 18.3 Å². The van der Waals surface area contributed by atoms with Crippen LogP contribution in [0.3, 0.4) is 0 Å². The van der Waals surface area contributed by atoms with Gasteiger partial charge in [-0.2, -0.15) is 0 Å². The number of hydrogen-bond donors (Lipinski definition) is 2. The Morgan fingerprint density at radius 2 is 1.89 bits per heavy atom. The number of amides is 1. The van der Waals surface area contributed by atoms with Crippen LogP contribution in [0.1, 0.15) is 28.4 Å². The van der Waals surface area contributed by atoms with Crippen molar-refractivity contribution in [2.75, 3.05) is 26.2 Å². The Hall–Kier alpha value is -2.42. The molecule has 0 radical (unpaired) electrons. The number of carbonyl (C=O) groups is 1. The van der Waals surface area contributed by atoms with Crippen molar-refractivity contribution in [3.63, 3.8) is 0 Å². The fraction of sp³-hybridized carbons (Fsp3) is 0.368. The van der Waals surface area contributed by atoms with E-state index in [1.165, 1.54) is 6.07 Å². The second kappa shape index (κ2) is 7.67. The zero-order valence-electron chi connectivity index (χ0n) is 14.7. The van der Waals surface area contributed by atoms with Crippen LogP contribution in [-0.4, -0.2) is 53.0 Å². The fourth-order valence-corrected chi connectivity index (χ4v) is 3.63. The molecule has 2 fully saturated rings. The molecule has 2 saturated heterocycles. The van der Waals surface area contributed by atoms with Crippen molar-refractivity contribution in [3.05, 3.63) is 65.5 Å². The molecule has 4 rings (SSSR count). The van der Waals surface area contributed by atoms with E-state index in [0.717, 1.165) is 24.1 Å². The van der Waals surface area contributed by atoms with Crippen LogP contribution in [0.5, 0.6) is 0 Å². The molecule has 3 heterocycles. The highest BCUT2D eigenvalue weighted by atomic mass is 19.2. The largest absolute Gasteiger partial charge is 0.336 e. The van der Waals surface area contributed by atoms with Crippen LogP contribution >= 0.6 is 0 Å². The van der Waals surface area contributed by atoms with Gasteiger partial charge in [0.25, 0.3) is 5.91 Å². The molecule has 0 aliphatic carbocycles. The predicted molar refractivity (Wildman–Crippen MR) is 95.5 cm³/mol. The van der Waals surface area contributed by atoms with Crippen molar-refractivity contribution < 1.29 is 13.6 Å². The van der Waals surface area contributed by atoms with Gasteiger partial charge < -0.3 is 4.90 Å². The number of rotatable bonds is 3. The number of halogens is 2. The zero-order chi connectivity index (χ0) is 18.8. The van der Waals surface area contributed by atoms with E-state index in [2.05, 4.69) is 20.7 Å². The first kappa shape index (κ1) is 18.0. The van der Waals surface area contributed by atoms with E-state index < -0.39 is 11.6 Å². The molecule has 2 N–H and O–H groups in total. The highest BCUT2D eigenvalue weighted by molar-refractivity contribution is 5.94. The molecular formula is C19H21F2N5O. The van der Waals surface area contributed by atoms with E-state index >= 15 is 0 Å². The first-order chi connectivity index (χ1) is 13.1. The maximum absolute atomic E-state index is 13.4. The molecule has 1 aromatic heterocycles. The third kappa shape index (κ3) is 3.83. The van der Waals surface area contributed by atoms with E-state index in [0.29, 0.717) is 26.2 Å². The first-order valence-corrected chi connectivity index (χ1v) is 9.01. The van der Waals surface area contributed by atoms with Crippen LogP contribution in [0.15, 0.2) is 42.7 Å². The van der Waals surface area contributed by atoms with Crippen molar-refractivity contribution in [1.29, 1.82) is 0 Å². The Morgan fingerprint density at radius 1 is 1.07 bits per heavy atom. The molecule has 0 bridgehead atoms. The van der Waals surface area contributed by atoms with Crippen molar-refractivity contribution >= 4 is 5.91 Å². The average molecular weight is 373 g/mol. The maximum Gasteiger partial charge on any atom is 0.254 e. The Bertz CT molecular complexity index is 811. The monoisotopic (exact) mass is 373 g/mol. The van der Waals surface area contributed by atoms with Gasteiger partial charge in [0.1, 0.15) is 0 Å². The van der Waals surface area contributed by atoms with E-state index in [9.17, 15) is 13.6 Å². The van der Waals surface area contributed by atoms with Crippen LogP contribution in [0.4, 0.5) is 8.78 Å². The van der Waals surface area contributed by atoms with Gasteiger partial charge in [-0.25, -0.2) is 19.6 Å². The Balaban J connectivity index is 1.32. The third-order valence-electron chi connectivity index (χ3n) is 5.18. The molecule has 2 aliphatic heterocycles. The molecule has 6 nitrogen and oxygen atoms in total. The number of piperazine rings is 1. The maximum atomic E-state index is 13.4. The lowest BCUT2D eigenvalue weighted by molar-refractivity contribution is 0.0544. The lowest BCUT2D eigenvalue weighted by atomic mass is 10.1. The summed E-state index contributed by atoms with van der Waals surface area (Å²) in [5.74, 6) is -2.21. The molecule has 1 amide bonds. The van der Waals surface area contributed by atoms with Crippen molar-refractivity contribution in [3.8, 4) is 0 Å². The topological polar surface area (TPSA) is 60.5 Å². The smallest absolute Gasteiger partial charge is 0.254 e. The molecule has 27 heavy (non-hydrogen) atoms. The number of aromatic nitrogens is 1. The highest BCUT2D eigenvalue weighted by Gasteiger charge is 2.32. The van der Waals surface area contributed by atoms with Gasteiger partial charge in [-0.05, 0) is 36.2 Å². The summed E-state index contributed by atoms with van der Waals surface area (Å²) in [7, 11) is 0. The molecule has 1 aromatic carbocycles. The van der Waals surface area contributed by atoms with Crippen LogP contribution in [0, 0.1) is 11.6 Å². The van der Waals surface area contributed by atoms with Gasteiger partial charge in [-0.1, -0.05) is 6.07 Å². The van der Waals surface area contributed by atoms with Crippen LogP contribution in [0.25, 0.3) is 0 Å². The number of hydrazine groups is 1. The fourth-order valence-electron chi connectivity index (χ4n) is 3.63. The summed E-state index contributed by atoms with van der Waals surface area (Å²) >= 11 is 0. The van der Waals surface area contributed by atoms with Gasteiger partial charge >= 0.3 is 0 Å². The molecule has 142 valence electrons. The first-order valence-electron chi connectivity index (χ1n) is 9.01. The summed E-state index contributed by atoms with van der Waals surface area (Å²) in [5.41, 5.74) is 7.94. The molecule has 2 aromatic rings. The normalized spacial score (nSPS) is 23.6. The number of carbonyl (C=O) groups excluding carboxylic acids is 1. The lowest BCUT2D eigenvalue weighted by Crippen LogP contribution is -2.55. The van der Waals surface area contributed by atoms with Gasteiger partial charge in [0, 0.05) is 44.1 Å². The quantitative estimate of drug-likeness (QED) is 0.857. The summed E-state index contributed by atoms with van der Waals surface area (Å²) in [6.45, 7) is 2.53. The summed E-state index contributed by atoms with van der Waals surface area (Å²) in [4.78, 5) is 20.6. The van der Waals surface area contributed by atoms with Gasteiger partial charge in [0.15, 0.2) is 11.6 Å². The van der Waals surface area contributed by atoms with E-state index in [1.54, 1.807) is 11.1 Å². The Kier molecular flexibility index (Phi) is 5.11. The van der Waals surface area contributed by atoms with Gasteiger partial charge in [-0.15, -0.1) is 0 Å². The molecule has 2 aliphatic rings. The number of pyridine rings is 1. The molecule has 2 unspecified atom stereocenters. The molecule has 2 atom stereocenters. The zero-order valence-corrected chi connectivity index (χ0v) is 14.7. The van der Waals surface area contributed by atoms with Crippen molar-refractivity contribution in [2.24, 2.45) is 0 Å². The number of nitrogens with one attached hydrogen (secondary N) is 2. The summed E-state index contributed by atoms with van der Waals surface area (Å²) in [5, 5.41) is 0. The second-order valence-electron chi connectivity index (χ2n) is 6.84. The molecular weight excluding hydrogens is 352 g/mol. The minimum atomic E-state index is -0.998. The van der Waals surface area contributed by atoms with Gasteiger partial charge in [0.2, 0.25) is 0 Å². The Morgan fingerprint density at radius 3 is 2.59 bits per heavy atom. The SMILES string of the molecule is O=C(c1ccc(F)c(F)c1)N1CCN(C2CC(c3cccnc3)NN2)CC1. The number of hydrogen-bond acceptors (Lipinski definition) is 5. The van der Waals surface area contributed by atoms with Crippen LogP contribution in [-0.2, 0) is 0 Å². The van der Waals surface area contributed by atoms with Crippen LogP contribution < -0.4 is 10.9 Å². The van der Waals surface area contributed by atoms with Crippen molar-refractivity contribution in [2.45, 2.75) is 18.6 Å². The Labute approximate surface area is 156 Å². The second-order valence-corrected chi connectivity index (χ2v) is 6.84.